The lowest BCUT2D eigenvalue weighted by Crippen LogP contribution is -1.97. The molecule has 86 valence electrons. The topological polar surface area (TPSA) is 33.1 Å². The molecule has 1 aromatic heterocycles. The van der Waals surface area contributed by atoms with Crippen molar-refractivity contribution >= 4 is 10.8 Å². The van der Waals surface area contributed by atoms with Crippen molar-refractivity contribution in [3.63, 3.8) is 0 Å². The van der Waals surface area contributed by atoms with E-state index in [1.165, 1.54) is 0 Å². The summed E-state index contributed by atoms with van der Waals surface area (Å²) in [6, 6.07) is 9.84. The molecular weight excluding hydrogens is 210 g/mol. The number of fused-ring (bicyclic) bond motifs is 1. The van der Waals surface area contributed by atoms with Crippen molar-refractivity contribution in [2.75, 3.05) is 0 Å². The summed E-state index contributed by atoms with van der Waals surface area (Å²) in [5.74, 6) is 5.75. The van der Waals surface area contributed by atoms with E-state index in [-0.39, 0.29) is 0 Å². The van der Waals surface area contributed by atoms with Crippen LogP contribution in [0.1, 0.15) is 31.6 Å². The molecule has 2 rings (SSSR count). The van der Waals surface area contributed by atoms with E-state index in [1.54, 1.807) is 6.20 Å². The van der Waals surface area contributed by atoms with Crippen LogP contribution in [0.5, 0.6) is 0 Å². The predicted molar refractivity (Wildman–Crippen MR) is 69.4 cm³/mol. The van der Waals surface area contributed by atoms with Crippen LogP contribution in [-0.4, -0.2) is 10.1 Å². The van der Waals surface area contributed by atoms with Gasteiger partial charge in [-0.05, 0) is 17.9 Å². The Morgan fingerprint density at radius 3 is 2.82 bits per heavy atom. The number of aliphatic hydroxyl groups excluding tert-OH is 1. The third-order valence-electron chi connectivity index (χ3n) is 2.55. The van der Waals surface area contributed by atoms with E-state index in [0.29, 0.717) is 5.69 Å². The summed E-state index contributed by atoms with van der Waals surface area (Å²) in [5, 5.41) is 12.0. The fourth-order valence-electron chi connectivity index (χ4n) is 1.62. The van der Waals surface area contributed by atoms with Gasteiger partial charge in [0.05, 0.1) is 5.69 Å². The molecule has 1 N–H and O–H groups in total. The van der Waals surface area contributed by atoms with Crippen molar-refractivity contribution in [1.82, 2.24) is 4.98 Å². The molecule has 2 aromatic rings. The van der Waals surface area contributed by atoms with Crippen LogP contribution in [0, 0.1) is 11.8 Å². The van der Waals surface area contributed by atoms with Gasteiger partial charge in [0.15, 0.2) is 6.10 Å². The molecular formula is C15H15NO. The number of unbranched alkanes of at least 4 members (excludes halogenated alkanes) is 1. The monoisotopic (exact) mass is 225 g/mol. The van der Waals surface area contributed by atoms with E-state index >= 15 is 0 Å². The van der Waals surface area contributed by atoms with Crippen LogP contribution in [0.2, 0.25) is 0 Å². The fraction of sp³-hybridized carbons (Fsp3) is 0.267. The predicted octanol–water partition coefficient (Wildman–Crippen LogP) is 3.07. The van der Waals surface area contributed by atoms with Crippen molar-refractivity contribution in [3.05, 3.63) is 42.2 Å². The van der Waals surface area contributed by atoms with Crippen molar-refractivity contribution < 1.29 is 5.11 Å². The van der Waals surface area contributed by atoms with Crippen molar-refractivity contribution in [1.29, 1.82) is 0 Å². The largest absolute Gasteiger partial charge is 0.374 e. The molecule has 0 radical (unpaired) electrons. The number of rotatable bonds is 2. The van der Waals surface area contributed by atoms with Gasteiger partial charge in [0.1, 0.15) is 0 Å². The van der Waals surface area contributed by atoms with Gasteiger partial charge in [0, 0.05) is 18.0 Å². The van der Waals surface area contributed by atoms with E-state index in [9.17, 15) is 5.11 Å². The van der Waals surface area contributed by atoms with Crippen LogP contribution in [0.15, 0.2) is 36.5 Å². The maximum Gasteiger partial charge on any atom is 0.156 e. The molecule has 0 fully saturated rings. The first kappa shape index (κ1) is 11.6. The van der Waals surface area contributed by atoms with Crippen LogP contribution in [0.25, 0.3) is 10.8 Å². The molecule has 2 nitrogen and oxygen atoms in total. The Hall–Kier alpha value is -1.85. The van der Waals surface area contributed by atoms with Gasteiger partial charge >= 0.3 is 0 Å². The second kappa shape index (κ2) is 5.47. The quantitative estimate of drug-likeness (QED) is 0.797. The minimum atomic E-state index is -0.786. The standard InChI is InChI=1S/C15H15NO/c1-2-3-4-9-15(17)14-10-12-7-5-6-8-13(12)11-16-14/h5-8,10-11,15,17H,2-3H2,1H3/t15-/m1/s1. The lowest BCUT2D eigenvalue weighted by molar-refractivity contribution is 0.233. The van der Waals surface area contributed by atoms with Crippen LogP contribution in [0.3, 0.4) is 0 Å². The molecule has 0 aliphatic carbocycles. The zero-order valence-electron chi connectivity index (χ0n) is 9.85. The first-order chi connectivity index (χ1) is 8.31. The average Bonchev–Trinajstić information content (AvgIpc) is 2.38. The first-order valence-corrected chi connectivity index (χ1v) is 5.82. The minimum Gasteiger partial charge on any atom is -0.374 e. The second-order valence-corrected chi connectivity index (χ2v) is 3.93. The van der Waals surface area contributed by atoms with Gasteiger partial charge < -0.3 is 5.11 Å². The van der Waals surface area contributed by atoms with E-state index in [1.807, 2.05) is 30.3 Å². The van der Waals surface area contributed by atoms with E-state index in [0.717, 1.165) is 23.6 Å². The molecule has 17 heavy (non-hydrogen) atoms. The molecule has 0 unspecified atom stereocenters. The summed E-state index contributed by atoms with van der Waals surface area (Å²) in [5.41, 5.74) is 0.618. The number of hydrogen-bond donors (Lipinski definition) is 1. The SMILES string of the molecule is CCCC#C[C@@H](O)c1cc2ccccc2cn1. The zero-order valence-corrected chi connectivity index (χ0v) is 9.85. The molecule has 0 aliphatic rings. The summed E-state index contributed by atoms with van der Waals surface area (Å²) >= 11 is 0. The molecule has 1 atom stereocenters. The Labute approximate surface area is 101 Å². The Kier molecular flexibility index (Phi) is 3.74. The molecule has 0 saturated heterocycles. The summed E-state index contributed by atoms with van der Waals surface area (Å²) in [6.45, 7) is 2.06. The highest BCUT2D eigenvalue weighted by Crippen LogP contribution is 2.17. The molecule has 1 heterocycles. The van der Waals surface area contributed by atoms with E-state index < -0.39 is 6.10 Å². The normalized spacial score (nSPS) is 11.9. The highest BCUT2D eigenvalue weighted by atomic mass is 16.3. The van der Waals surface area contributed by atoms with Crippen LogP contribution < -0.4 is 0 Å². The van der Waals surface area contributed by atoms with Gasteiger partial charge in [0.2, 0.25) is 0 Å². The van der Waals surface area contributed by atoms with Gasteiger partial charge in [-0.3, -0.25) is 4.98 Å². The highest BCUT2D eigenvalue weighted by Gasteiger charge is 2.05. The highest BCUT2D eigenvalue weighted by molar-refractivity contribution is 5.81. The summed E-state index contributed by atoms with van der Waals surface area (Å²) < 4.78 is 0. The Morgan fingerprint density at radius 1 is 1.29 bits per heavy atom. The zero-order chi connectivity index (χ0) is 12.1. The summed E-state index contributed by atoms with van der Waals surface area (Å²) in [6.07, 6.45) is 2.80. The Morgan fingerprint density at radius 2 is 2.06 bits per heavy atom. The van der Waals surface area contributed by atoms with Gasteiger partial charge in [-0.25, -0.2) is 0 Å². The van der Waals surface area contributed by atoms with Crippen molar-refractivity contribution in [2.45, 2.75) is 25.9 Å². The number of nitrogens with zero attached hydrogens (tertiary/aromatic N) is 1. The smallest absolute Gasteiger partial charge is 0.156 e. The summed E-state index contributed by atoms with van der Waals surface area (Å²) in [7, 11) is 0. The van der Waals surface area contributed by atoms with Gasteiger partial charge in [-0.2, -0.15) is 0 Å². The molecule has 1 aromatic carbocycles. The Balaban J connectivity index is 2.27. The Bertz CT molecular complexity index is 566. The molecule has 0 amide bonds. The number of aromatic nitrogens is 1. The number of benzene rings is 1. The maximum absolute atomic E-state index is 9.87. The molecule has 0 saturated carbocycles. The second-order valence-electron chi connectivity index (χ2n) is 3.93. The van der Waals surface area contributed by atoms with Gasteiger partial charge in [-0.1, -0.05) is 37.1 Å². The van der Waals surface area contributed by atoms with Crippen molar-refractivity contribution in [2.24, 2.45) is 0 Å². The van der Waals surface area contributed by atoms with E-state index in [4.69, 9.17) is 0 Å². The van der Waals surface area contributed by atoms with Gasteiger partial charge in [-0.15, -0.1) is 5.92 Å². The first-order valence-electron chi connectivity index (χ1n) is 5.82. The van der Waals surface area contributed by atoms with Crippen LogP contribution in [-0.2, 0) is 0 Å². The van der Waals surface area contributed by atoms with Gasteiger partial charge in [0.25, 0.3) is 0 Å². The third kappa shape index (κ3) is 2.83. The molecule has 0 spiro atoms. The van der Waals surface area contributed by atoms with Crippen molar-refractivity contribution in [3.8, 4) is 11.8 Å². The lowest BCUT2D eigenvalue weighted by Gasteiger charge is -2.04. The average molecular weight is 225 g/mol. The number of pyridine rings is 1. The van der Waals surface area contributed by atoms with Crippen LogP contribution >= 0.6 is 0 Å². The summed E-state index contributed by atoms with van der Waals surface area (Å²) in [4.78, 5) is 4.23. The molecule has 0 bridgehead atoms. The van der Waals surface area contributed by atoms with E-state index in [2.05, 4.69) is 23.7 Å². The fourth-order valence-corrected chi connectivity index (χ4v) is 1.62. The molecule has 2 heteroatoms. The third-order valence-corrected chi connectivity index (χ3v) is 2.55. The lowest BCUT2D eigenvalue weighted by atomic mass is 10.1. The number of hydrogen-bond acceptors (Lipinski definition) is 2. The molecule has 0 aliphatic heterocycles. The number of aliphatic hydroxyl groups is 1. The maximum atomic E-state index is 9.87. The van der Waals surface area contributed by atoms with Crippen LogP contribution in [0.4, 0.5) is 0 Å². The minimum absolute atomic E-state index is 0.618.